The maximum Gasteiger partial charge on any atom is 0.263 e. The van der Waals surface area contributed by atoms with E-state index in [0.717, 1.165) is 63.1 Å². The van der Waals surface area contributed by atoms with E-state index in [-0.39, 0.29) is 24.2 Å². The van der Waals surface area contributed by atoms with E-state index in [1.165, 1.54) is 5.56 Å². The summed E-state index contributed by atoms with van der Waals surface area (Å²) in [5.74, 6) is 2.63. The van der Waals surface area contributed by atoms with E-state index in [9.17, 15) is 4.79 Å². The number of nitrogens with two attached hydrogens (primary N) is 1. The molecule has 2 aromatic rings. The summed E-state index contributed by atoms with van der Waals surface area (Å²) in [6.45, 7) is 3.51. The highest BCUT2D eigenvalue weighted by Gasteiger charge is 2.39. The minimum absolute atomic E-state index is 0.0254. The van der Waals surface area contributed by atoms with Crippen LogP contribution < -0.4 is 30.7 Å². The lowest BCUT2D eigenvalue weighted by Gasteiger charge is -2.20. The average molecular weight is 515 g/mol. The fourth-order valence-corrected chi connectivity index (χ4v) is 5.25. The molecule has 0 aromatic carbocycles. The number of pyridine rings is 2. The molecular formula is C25H31ClN6O4. The Hall–Kier alpha value is -2.66. The number of carbonyl (C=O) groups excluding carboxylic acids is 1. The van der Waals surface area contributed by atoms with Gasteiger partial charge in [-0.2, -0.15) is 0 Å². The molecule has 2 aliphatic heterocycles. The van der Waals surface area contributed by atoms with Gasteiger partial charge in [0.25, 0.3) is 5.91 Å². The summed E-state index contributed by atoms with van der Waals surface area (Å²) in [6, 6.07) is 3.73. The summed E-state index contributed by atoms with van der Waals surface area (Å²) in [5, 5.41) is 6.98. The van der Waals surface area contributed by atoms with Crippen molar-refractivity contribution in [1.82, 2.24) is 15.3 Å². The van der Waals surface area contributed by atoms with Crippen LogP contribution in [0.4, 0.5) is 11.6 Å². The zero-order valence-corrected chi connectivity index (χ0v) is 20.9. The quantitative estimate of drug-likeness (QED) is 0.430. The van der Waals surface area contributed by atoms with Gasteiger partial charge in [-0.3, -0.25) is 4.79 Å². The monoisotopic (exact) mass is 514 g/mol. The smallest absolute Gasteiger partial charge is 0.263 e. The largest absolute Gasteiger partial charge is 0.480 e. The van der Waals surface area contributed by atoms with E-state index < -0.39 is 0 Å². The summed E-state index contributed by atoms with van der Waals surface area (Å²) in [5.41, 5.74) is 8.29. The van der Waals surface area contributed by atoms with Gasteiger partial charge in [0.05, 0.1) is 11.6 Å². The number of anilines is 2. The first-order chi connectivity index (χ1) is 17.5. The summed E-state index contributed by atoms with van der Waals surface area (Å²) in [6.07, 6.45) is 6.81. The molecule has 1 amide bonds. The maximum absolute atomic E-state index is 11.6. The zero-order chi connectivity index (χ0) is 24.7. The van der Waals surface area contributed by atoms with Gasteiger partial charge in [-0.05, 0) is 74.4 Å². The molecule has 4 heterocycles. The van der Waals surface area contributed by atoms with E-state index in [2.05, 4.69) is 25.5 Å². The van der Waals surface area contributed by atoms with E-state index in [4.69, 9.17) is 31.5 Å². The lowest BCUT2D eigenvalue weighted by molar-refractivity contribution is -0.118. The second kappa shape index (κ2) is 9.66. The van der Waals surface area contributed by atoms with Crippen molar-refractivity contribution in [2.45, 2.75) is 43.7 Å². The Labute approximate surface area is 214 Å². The fourth-order valence-electron chi connectivity index (χ4n) is 4.95. The van der Waals surface area contributed by atoms with Crippen molar-refractivity contribution in [1.29, 1.82) is 0 Å². The van der Waals surface area contributed by atoms with Gasteiger partial charge in [0.1, 0.15) is 24.2 Å². The van der Waals surface area contributed by atoms with Crippen LogP contribution in [0.1, 0.15) is 30.4 Å². The Kier molecular flexibility index (Phi) is 6.37. The minimum Gasteiger partial charge on any atom is -0.480 e. The molecular weight excluding hydrogens is 484 g/mol. The van der Waals surface area contributed by atoms with Crippen LogP contribution in [0.15, 0.2) is 18.3 Å². The number of nitrogens with zero attached hydrogens (tertiary/aromatic N) is 3. The number of aromatic nitrogens is 2. The van der Waals surface area contributed by atoms with Crippen molar-refractivity contribution < 1.29 is 19.0 Å². The lowest BCUT2D eigenvalue weighted by atomic mass is 10.1. The summed E-state index contributed by atoms with van der Waals surface area (Å²) < 4.78 is 17.2. The number of amides is 1. The minimum atomic E-state index is -0.194. The molecule has 0 bridgehead atoms. The van der Waals surface area contributed by atoms with Crippen LogP contribution in [0, 0.1) is 5.92 Å². The van der Waals surface area contributed by atoms with Crippen molar-refractivity contribution >= 4 is 29.1 Å². The maximum atomic E-state index is 11.6. The van der Waals surface area contributed by atoms with Crippen molar-refractivity contribution in [3.8, 4) is 11.6 Å². The second-order valence-corrected chi connectivity index (χ2v) is 10.7. The van der Waals surface area contributed by atoms with Crippen molar-refractivity contribution in [3.63, 3.8) is 0 Å². The normalized spacial score (nSPS) is 23.6. The Morgan fingerprint density at radius 3 is 3.08 bits per heavy atom. The van der Waals surface area contributed by atoms with E-state index in [1.54, 1.807) is 0 Å². The number of carbonyl (C=O) groups is 1. The van der Waals surface area contributed by atoms with E-state index >= 15 is 0 Å². The van der Waals surface area contributed by atoms with Gasteiger partial charge >= 0.3 is 0 Å². The molecule has 4 N–H and O–H groups in total. The highest BCUT2D eigenvalue weighted by Crippen LogP contribution is 2.38. The van der Waals surface area contributed by atoms with Gasteiger partial charge in [-0.15, -0.1) is 0 Å². The molecule has 192 valence electrons. The van der Waals surface area contributed by atoms with E-state index in [1.807, 2.05) is 18.3 Å². The Balaban J connectivity index is 0.941. The third kappa shape index (κ3) is 5.08. The predicted molar refractivity (Wildman–Crippen MR) is 135 cm³/mol. The molecule has 10 nitrogen and oxygen atoms in total. The third-order valence-electron chi connectivity index (χ3n) is 7.32. The number of hydrogen-bond donors (Lipinski definition) is 3. The van der Waals surface area contributed by atoms with Gasteiger partial charge in [-0.25, -0.2) is 9.97 Å². The van der Waals surface area contributed by atoms with Gasteiger partial charge in [0.2, 0.25) is 5.88 Å². The van der Waals surface area contributed by atoms with Crippen LogP contribution in [0.3, 0.4) is 0 Å². The van der Waals surface area contributed by atoms with Crippen LogP contribution in [0.5, 0.6) is 11.6 Å². The van der Waals surface area contributed by atoms with Crippen LogP contribution in [0.2, 0.25) is 5.02 Å². The summed E-state index contributed by atoms with van der Waals surface area (Å²) in [7, 11) is 0. The molecule has 0 spiro atoms. The molecule has 36 heavy (non-hydrogen) atoms. The number of ether oxygens (including phenoxy) is 3. The predicted octanol–water partition coefficient (Wildman–Crippen LogP) is 1.89. The Morgan fingerprint density at radius 1 is 1.33 bits per heavy atom. The first-order valence-corrected chi connectivity index (χ1v) is 12.9. The molecule has 11 heteroatoms. The number of rotatable bonds is 9. The molecule has 2 atom stereocenters. The number of nitrogens with one attached hydrogen (secondary N) is 2. The summed E-state index contributed by atoms with van der Waals surface area (Å²) >= 11 is 6.62. The van der Waals surface area contributed by atoms with Gasteiger partial charge in [0, 0.05) is 12.7 Å². The van der Waals surface area contributed by atoms with Gasteiger partial charge < -0.3 is 35.5 Å². The van der Waals surface area contributed by atoms with E-state index in [0.29, 0.717) is 41.7 Å². The molecule has 2 unspecified atom stereocenters. The second-order valence-electron chi connectivity index (χ2n) is 10.3. The Bertz CT molecular complexity index is 1160. The highest BCUT2D eigenvalue weighted by atomic mass is 35.5. The zero-order valence-electron chi connectivity index (χ0n) is 20.1. The number of hydrogen-bond acceptors (Lipinski definition) is 9. The van der Waals surface area contributed by atoms with Crippen molar-refractivity contribution in [3.05, 3.63) is 34.5 Å². The van der Waals surface area contributed by atoms with Crippen LogP contribution in [-0.4, -0.2) is 67.1 Å². The SMILES string of the molecule is NC1(COc2ncc3c(c2Cl)CC(CNCCC2CN(c4ccc5c(n4)NC(=O)CO5)CO2)C3)CC1. The van der Waals surface area contributed by atoms with Crippen LogP contribution in [0.25, 0.3) is 0 Å². The Morgan fingerprint density at radius 2 is 2.22 bits per heavy atom. The highest BCUT2D eigenvalue weighted by molar-refractivity contribution is 6.32. The molecule has 2 aromatic heterocycles. The van der Waals surface area contributed by atoms with Crippen molar-refractivity contribution in [2.75, 3.05) is 49.8 Å². The molecule has 0 radical (unpaired) electrons. The van der Waals surface area contributed by atoms with Gasteiger partial charge in [-0.1, -0.05) is 11.6 Å². The molecule has 1 saturated carbocycles. The van der Waals surface area contributed by atoms with Gasteiger partial charge in [0.15, 0.2) is 18.2 Å². The molecule has 2 fully saturated rings. The van der Waals surface area contributed by atoms with Crippen LogP contribution in [-0.2, 0) is 22.4 Å². The lowest BCUT2D eigenvalue weighted by Crippen LogP contribution is -2.30. The van der Waals surface area contributed by atoms with Crippen LogP contribution >= 0.6 is 11.6 Å². The molecule has 6 rings (SSSR count). The first kappa shape index (κ1) is 23.7. The fraction of sp³-hybridized carbons (Fsp3) is 0.560. The summed E-state index contributed by atoms with van der Waals surface area (Å²) in [4.78, 5) is 22.6. The molecule has 1 saturated heterocycles. The topological polar surface area (TPSA) is 124 Å². The standard InChI is InChI=1S/C25H31ClN6O4/c26-22-18-8-15(7-16(18)10-29-24(22)35-13-25(27)4-5-25)9-28-6-3-17-11-32(14-36-17)20-2-1-19-23(30-20)31-21(33)12-34-19/h1-2,10,15,17,28H,3-9,11-14,27H2,(H,30,31,33). The molecule has 2 aliphatic carbocycles. The third-order valence-corrected chi connectivity index (χ3v) is 7.71. The first-order valence-electron chi connectivity index (χ1n) is 12.5. The average Bonchev–Trinajstić information content (AvgIpc) is 3.25. The number of fused-ring (bicyclic) bond motifs is 2. The van der Waals surface area contributed by atoms with Crippen molar-refractivity contribution in [2.24, 2.45) is 11.7 Å². The number of halogens is 1. The molecule has 4 aliphatic rings.